The van der Waals surface area contributed by atoms with Gasteiger partial charge in [-0.05, 0) is 31.6 Å². The van der Waals surface area contributed by atoms with Gasteiger partial charge in [0.2, 0.25) is 0 Å². The Morgan fingerprint density at radius 1 is 1.31 bits per heavy atom. The van der Waals surface area contributed by atoms with Crippen LogP contribution in [0.15, 0.2) is 4.79 Å². The highest BCUT2D eigenvalue weighted by atomic mass is 16.2. The summed E-state index contributed by atoms with van der Waals surface area (Å²) in [4.78, 5) is 12.1. The summed E-state index contributed by atoms with van der Waals surface area (Å²) in [5, 5.41) is 4.44. The molecule has 0 unspecified atom stereocenters. The first-order valence-corrected chi connectivity index (χ1v) is 6.16. The molecule has 88 valence electrons. The molecule has 5 heteroatoms. The Hall–Kier alpha value is -1.10. The maximum absolute atomic E-state index is 12.1. The lowest BCUT2D eigenvalue weighted by atomic mass is 10.1. The highest BCUT2D eigenvalue weighted by molar-refractivity contribution is 4.93. The number of aromatic nitrogens is 3. The summed E-state index contributed by atoms with van der Waals surface area (Å²) >= 11 is 0. The zero-order valence-corrected chi connectivity index (χ0v) is 9.43. The van der Waals surface area contributed by atoms with Gasteiger partial charge in [-0.1, -0.05) is 0 Å². The predicted molar refractivity (Wildman–Crippen MR) is 60.1 cm³/mol. The Balaban J connectivity index is 1.88. The molecule has 3 rings (SSSR count). The van der Waals surface area contributed by atoms with Gasteiger partial charge in [-0.15, -0.1) is 0 Å². The van der Waals surface area contributed by atoms with Crippen LogP contribution in [0.4, 0.5) is 0 Å². The fourth-order valence-electron chi connectivity index (χ4n) is 2.31. The molecule has 0 bridgehead atoms. The molecular formula is C11H18N4O. The molecule has 1 saturated carbocycles. The number of rotatable bonds is 2. The van der Waals surface area contributed by atoms with Crippen molar-refractivity contribution in [2.75, 3.05) is 0 Å². The second-order valence-corrected chi connectivity index (χ2v) is 5.06. The first kappa shape index (κ1) is 10.1. The monoisotopic (exact) mass is 222 g/mol. The van der Waals surface area contributed by atoms with Crippen molar-refractivity contribution in [2.45, 2.75) is 51.2 Å². The van der Waals surface area contributed by atoms with Crippen LogP contribution in [-0.4, -0.2) is 20.4 Å². The summed E-state index contributed by atoms with van der Waals surface area (Å²) in [6, 6.07) is 0.220. The van der Waals surface area contributed by atoms with Crippen molar-refractivity contribution in [3.8, 4) is 0 Å². The third-order valence-electron chi connectivity index (χ3n) is 3.59. The van der Waals surface area contributed by atoms with Gasteiger partial charge in [0.15, 0.2) is 0 Å². The molecule has 0 saturated heterocycles. The molecule has 2 aliphatic rings. The highest BCUT2D eigenvalue weighted by Gasteiger charge is 2.25. The molecule has 1 fully saturated rings. The van der Waals surface area contributed by atoms with E-state index < -0.39 is 0 Å². The molecule has 0 amide bonds. The lowest BCUT2D eigenvalue weighted by molar-refractivity contribution is 0.505. The van der Waals surface area contributed by atoms with Gasteiger partial charge in [0.25, 0.3) is 0 Å². The predicted octanol–water partition coefficient (Wildman–Crippen LogP) is 0.118. The van der Waals surface area contributed by atoms with E-state index in [0.29, 0.717) is 5.92 Å². The number of aryl methyl sites for hydroxylation is 1. The molecule has 1 aliphatic carbocycles. The van der Waals surface area contributed by atoms with Crippen molar-refractivity contribution < 1.29 is 0 Å². The van der Waals surface area contributed by atoms with Crippen LogP contribution in [0.5, 0.6) is 0 Å². The molecule has 0 radical (unpaired) electrons. The first-order valence-electron chi connectivity index (χ1n) is 6.16. The fourth-order valence-corrected chi connectivity index (χ4v) is 2.31. The van der Waals surface area contributed by atoms with Crippen molar-refractivity contribution in [2.24, 2.45) is 11.7 Å². The Bertz CT molecular complexity index is 443. The molecular weight excluding hydrogens is 204 g/mol. The van der Waals surface area contributed by atoms with Crippen molar-refractivity contribution in [3.05, 3.63) is 16.3 Å². The van der Waals surface area contributed by atoms with E-state index in [1.165, 1.54) is 12.8 Å². The lowest BCUT2D eigenvalue weighted by Gasteiger charge is -2.04. The molecule has 1 aromatic heterocycles. The van der Waals surface area contributed by atoms with Crippen LogP contribution in [0, 0.1) is 5.92 Å². The Labute approximate surface area is 94.2 Å². The molecule has 1 atom stereocenters. The van der Waals surface area contributed by atoms with Crippen LogP contribution >= 0.6 is 0 Å². The number of hydrogen-bond donors (Lipinski definition) is 1. The average Bonchev–Trinajstić information content (AvgIpc) is 3.03. The average molecular weight is 222 g/mol. The Morgan fingerprint density at radius 3 is 2.88 bits per heavy atom. The summed E-state index contributed by atoms with van der Waals surface area (Å²) in [5.74, 6) is 1.62. The van der Waals surface area contributed by atoms with Crippen molar-refractivity contribution in [1.29, 1.82) is 0 Å². The van der Waals surface area contributed by atoms with E-state index in [9.17, 15) is 4.79 Å². The third kappa shape index (κ3) is 1.80. The van der Waals surface area contributed by atoms with E-state index in [-0.39, 0.29) is 11.7 Å². The van der Waals surface area contributed by atoms with Gasteiger partial charge in [-0.25, -0.2) is 9.48 Å². The van der Waals surface area contributed by atoms with E-state index in [0.717, 1.165) is 38.2 Å². The van der Waals surface area contributed by atoms with E-state index in [4.69, 9.17) is 5.73 Å². The molecule has 1 aliphatic heterocycles. The van der Waals surface area contributed by atoms with Gasteiger partial charge in [0, 0.05) is 25.6 Å². The minimum Gasteiger partial charge on any atom is -0.328 e. The molecule has 1 aromatic rings. The summed E-state index contributed by atoms with van der Waals surface area (Å²) in [5.41, 5.74) is 5.97. The van der Waals surface area contributed by atoms with Gasteiger partial charge in [-0.2, -0.15) is 5.10 Å². The first-order chi connectivity index (χ1) is 7.74. The second kappa shape index (κ2) is 3.73. The summed E-state index contributed by atoms with van der Waals surface area (Å²) < 4.78 is 3.47. The van der Waals surface area contributed by atoms with Crippen molar-refractivity contribution >= 4 is 0 Å². The van der Waals surface area contributed by atoms with Crippen molar-refractivity contribution in [3.63, 3.8) is 0 Å². The minimum absolute atomic E-state index is 0.0657. The molecule has 5 nitrogen and oxygen atoms in total. The van der Waals surface area contributed by atoms with Gasteiger partial charge in [0.05, 0.1) is 0 Å². The smallest absolute Gasteiger partial charge is 0.328 e. The third-order valence-corrected chi connectivity index (χ3v) is 3.59. The van der Waals surface area contributed by atoms with Crippen LogP contribution < -0.4 is 11.4 Å². The van der Waals surface area contributed by atoms with Crippen LogP contribution in [-0.2, 0) is 19.5 Å². The number of hydrogen-bond acceptors (Lipinski definition) is 3. The molecule has 16 heavy (non-hydrogen) atoms. The Morgan fingerprint density at radius 2 is 2.12 bits per heavy atom. The number of nitrogens with two attached hydrogens (primary N) is 1. The second-order valence-electron chi connectivity index (χ2n) is 5.06. The van der Waals surface area contributed by atoms with E-state index in [2.05, 4.69) is 5.10 Å². The summed E-state index contributed by atoms with van der Waals surface area (Å²) in [7, 11) is 0. The van der Waals surface area contributed by atoms with Gasteiger partial charge in [0.1, 0.15) is 5.82 Å². The van der Waals surface area contributed by atoms with E-state index in [1.807, 2.05) is 4.57 Å². The molecule has 2 N–H and O–H groups in total. The van der Waals surface area contributed by atoms with Gasteiger partial charge < -0.3 is 5.73 Å². The van der Waals surface area contributed by atoms with Crippen LogP contribution in [0.1, 0.15) is 31.5 Å². The zero-order valence-electron chi connectivity index (χ0n) is 9.43. The number of fused-ring (bicyclic) bond motifs is 1. The van der Waals surface area contributed by atoms with E-state index in [1.54, 1.807) is 4.68 Å². The van der Waals surface area contributed by atoms with Crippen LogP contribution in [0.25, 0.3) is 0 Å². The van der Waals surface area contributed by atoms with Crippen LogP contribution in [0.2, 0.25) is 0 Å². The zero-order chi connectivity index (χ0) is 11.1. The topological polar surface area (TPSA) is 65.8 Å². The number of nitrogens with zero attached hydrogens (tertiary/aromatic N) is 3. The summed E-state index contributed by atoms with van der Waals surface area (Å²) in [6.07, 6.45) is 5.18. The standard InChI is InChI=1S/C11H18N4O/c12-9-3-4-10-13-15(7-8-1-2-8)11(16)14(10)6-5-9/h8-9H,1-7,12H2/t9-/m0/s1. The maximum Gasteiger partial charge on any atom is 0.345 e. The van der Waals surface area contributed by atoms with E-state index >= 15 is 0 Å². The maximum atomic E-state index is 12.1. The Kier molecular flexibility index (Phi) is 2.35. The largest absolute Gasteiger partial charge is 0.345 e. The molecule has 0 aromatic carbocycles. The summed E-state index contributed by atoms with van der Waals surface area (Å²) in [6.45, 7) is 1.55. The van der Waals surface area contributed by atoms with Gasteiger partial charge in [-0.3, -0.25) is 4.57 Å². The minimum atomic E-state index is 0.0657. The highest BCUT2D eigenvalue weighted by Crippen LogP contribution is 2.29. The lowest BCUT2D eigenvalue weighted by Crippen LogP contribution is -2.27. The van der Waals surface area contributed by atoms with Crippen molar-refractivity contribution in [1.82, 2.24) is 14.3 Å². The molecule has 0 spiro atoms. The fraction of sp³-hybridized carbons (Fsp3) is 0.818. The molecule has 2 heterocycles. The van der Waals surface area contributed by atoms with Crippen LogP contribution in [0.3, 0.4) is 0 Å². The normalized spacial score (nSPS) is 25.2. The SMILES string of the molecule is N[C@H]1CCc2nn(CC3CC3)c(=O)n2CC1. The quantitative estimate of drug-likeness (QED) is 0.773. The van der Waals surface area contributed by atoms with Gasteiger partial charge >= 0.3 is 5.69 Å².